The number of aromatic hydroxyl groups is 1. The van der Waals surface area contributed by atoms with Gasteiger partial charge in [0.1, 0.15) is 16.4 Å². The van der Waals surface area contributed by atoms with Crippen LogP contribution in [-0.2, 0) is 10.0 Å². The Morgan fingerprint density at radius 1 is 1.05 bits per heavy atom. The largest absolute Gasteiger partial charge is 0.507 e. The van der Waals surface area contributed by atoms with Gasteiger partial charge in [-0.25, -0.2) is 8.42 Å². The second-order valence-electron chi connectivity index (χ2n) is 3.95. The molecule has 21 heavy (non-hydrogen) atoms. The number of nitrogens with one attached hydrogen (secondary N) is 1. The Labute approximate surface area is 119 Å². The number of rotatable bonds is 5. The van der Waals surface area contributed by atoms with Crippen LogP contribution in [0.2, 0.25) is 0 Å². The highest BCUT2D eigenvalue weighted by Crippen LogP contribution is 2.30. The average Bonchev–Trinajstić information content (AvgIpc) is 2.40. The summed E-state index contributed by atoms with van der Waals surface area (Å²) in [7, 11) is -4.13. The number of benzene rings is 2. The van der Waals surface area contributed by atoms with Gasteiger partial charge in [-0.15, -0.1) is 0 Å². The molecule has 0 atom stereocenters. The van der Waals surface area contributed by atoms with Gasteiger partial charge in [0.2, 0.25) is 0 Å². The van der Waals surface area contributed by atoms with Crippen LogP contribution in [-0.4, -0.2) is 20.1 Å². The standard InChI is InChI=1S/C13H11F2NO4S/c14-13(15)20-11-7-3-1-5-9(11)16-21(18,19)12-8-4-2-6-10(12)17/h1-8,13,16-17H. The molecule has 5 nitrogen and oxygen atoms in total. The van der Waals surface area contributed by atoms with Crippen molar-refractivity contribution in [2.24, 2.45) is 0 Å². The number of phenols is 1. The maximum atomic E-state index is 12.3. The molecule has 0 bridgehead atoms. The minimum atomic E-state index is -4.13. The van der Waals surface area contributed by atoms with Gasteiger partial charge < -0.3 is 9.84 Å². The van der Waals surface area contributed by atoms with Crippen molar-refractivity contribution in [3.8, 4) is 11.5 Å². The van der Waals surface area contributed by atoms with E-state index in [1.807, 2.05) is 0 Å². The monoisotopic (exact) mass is 315 g/mol. The first kappa shape index (κ1) is 15.0. The van der Waals surface area contributed by atoms with Crippen LogP contribution >= 0.6 is 0 Å². The molecule has 0 radical (unpaired) electrons. The highest BCUT2D eigenvalue weighted by Gasteiger charge is 2.20. The van der Waals surface area contributed by atoms with E-state index >= 15 is 0 Å². The molecule has 2 aromatic rings. The smallest absolute Gasteiger partial charge is 0.387 e. The lowest BCUT2D eigenvalue weighted by Crippen LogP contribution is -2.14. The van der Waals surface area contributed by atoms with Crippen LogP contribution in [0, 0.1) is 0 Å². The molecule has 0 fully saturated rings. The molecule has 0 heterocycles. The van der Waals surface area contributed by atoms with E-state index < -0.39 is 22.4 Å². The number of sulfonamides is 1. The third kappa shape index (κ3) is 3.60. The predicted molar refractivity (Wildman–Crippen MR) is 72.0 cm³/mol. The maximum absolute atomic E-state index is 12.3. The minimum absolute atomic E-state index is 0.152. The van der Waals surface area contributed by atoms with Gasteiger partial charge in [-0.2, -0.15) is 8.78 Å². The summed E-state index contributed by atoms with van der Waals surface area (Å²) in [5.74, 6) is -0.760. The van der Waals surface area contributed by atoms with Crippen molar-refractivity contribution < 1.29 is 27.0 Å². The van der Waals surface area contributed by atoms with Crippen molar-refractivity contribution in [2.45, 2.75) is 11.5 Å². The number of halogens is 2. The summed E-state index contributed by atoms with van der Waals surface area (Å²) in [5.41, 5.74) is -0.152. The predicted octanol–water partition coefficient (Wildman–Crippen LogP) is 2.79. The number of hydrogen-bond donors (Lipinski definition) is 2. The van der Waals surface area contributed by atoms with Crippen LogP contribution in [0.1, 0.15) is 0 Å². The molecule has 0 unspecified atom stereocenters. The van der Waals surface area contributed by atoms with E-state index in [1.54, 1.807) is 0 Å². The van der Waals surface area contributed by atoms with Crippen molar-refractivity contribution in [3.63, 3.8) is 0 Å². The van der Waals surface area contributed by atoms with Crippen LogP contribution in [0.3, 0.4) is 0 Å². The Morgan fingerprint density at radius 2 is 1.67 bits per heavy atom. The fourth-order valence-electron chi connectivity index (χ4n) is 1.63. The lowest BCUT2D eigenvalue weighted by Gasteiger charge is -2.13. The van der Waals surface area contributed by atoms with Crippen LogP contribution in [0.4, 0.5) is 14.5 Å². The summed E-state index contributed by atoms with van der Waals surface area (Å²) in [6.45, 7) is -3.08. The van der Waals surface area contributed by atoms with E-state index in [0.29, 0.717) is 0 Å². The third-order valence-electron chi connectivity index (χ3n) is 2.50. The van der Waals surface area contributed by atoms with E-state index in [9.17, 15) is 22.3 Å². The van der Waals surface area contributed by atoms with Crippen LogP contribution < -0.4 is 9.46 Å². The molecule has 0 aliphatic heterocycles. The van der Waals surface area contributed by atoms with Crippen LogP contribution in [0.15, 0.2) is 53.4 Å². The fraction of sp³-hybridized carbons (Fsp3) is 0.0769. The van der Waals surface area contributed by atoms with Gasteiger partial charge in [-0.1, -0.05) is 24.3 Å². The van der Waals surface area contributed by atoms with Crippen molar-refractivity contribution in [2.75, 3.05) is 4.72 Å². The summed E-state index contributed by atoms with van der Waals surface area (Å²) in [5, 5.41) is 9.57. The highest BCUT2D eigenvalue weighted by molar-refractivity contribution is 7.92. The number of alkyl halides is 2. The van der Waals surface area contributed by atoms with Crippen LogP contribution in [0.25, 0.3) is 0 Å². The van der Waals surface area contributed by atoms with Crippen molar-refractivity contribution in [3.05, 3.63) is 48.5 Å². The molecule has 2 aromatic carbocycles. The van der Waals surface area contributed by atoms with E-state index in [2.05, 4.69) is 9.46 Å². The van der Waals surface area contributed by atoms with Gasteiger partial charge in [-0.05, 0) is 24.3 Å². The molecule has 112 valence electrons. The zero-order valence-corrected chi connectivity index (χ0v) is 11.3. The van der Waals surface area contributed by atoms with Gasteiger partial charge >= 0.3 is 6.61 Å². The molecule has 2 rings (SSSR count). The molecule has 0 saturated heterocycles. The topological polar surface area (TPSA) is 75.6 Å². The lowest BCUT2D eigenvalue weighted by molar-refractivity contribution is -0.0493. The van der Waals surface area contributed by atoms with Gasteiger partial charge in [0.15, 0.2) is 0 Å². The normalized spacial score (nSPS) is 11.4. The molecule has 0 aromatic heterocycles. The van der Waals surface area contributed by atoms with E-state index in [0.717, 1.165) is 0 Å². The maximum Gasteiger partial charge on any atom is 0.387 e. The Hall–Kier alpha value is -2.35. The Bertz CT molecular complexity index is 734. The number of ether oxygens (including phenoxy) is 1. The molecule has 8 heteroatoms. The second-order valence-corrected chi connectivity index (χ2v) is 5.60. The Kier molecular flexibility index (Phi) is 4.27. The van der Waals surface area contributed by atoms with Gasteiger partial charge in [-0.3, -0.25) is 4.72 Å². The summed E-state index contributed by atoms with van der Waals surface area (Å²) in [6.07, 6.45) is 0. The Morgan fingerprint density at radius 3 is 2.33 bits per heavy atom. The van der Waals surface area contributed by atoms with Crippen molar-refractivity contribution in [1.82, 2.24) is 0 Å². The number of hydrogen-bond acceptors (Lipinski definition) is 4. The number of para-hydroxylation sites is 3. The van der Waals surface area contributed by atoms with E-state index in [1.165, 1.54) is 48.5 Å². The number of phenolic OH excluding ortho intramolecular Hbond substituents is 1. The first-order valence-electron chi connectivity index (χ1n) is 5.75. The SMILES string of the molecule is O=S(=O)(Nc1ccccc1OC(F)F)c1ccccc1O. The zero-order valence-electron chi connectivity index (χ0n) is 10.5. The Balaban J connectivity index is 2.36. The molecular weight excluding hydrogens is 304 g/mol. The van der Waals surface area contributed by atoms with Crippen LogP contribution in [0.5, 0.6) is 11.5 Å². The fourth-order valence-corrected chi connectivity index (χ4v) is 2.80. The molecular formula is C13H11F2NO4S. The first-order chi connectivity index (χ1) is 9.90. The second kappa shape index (κ2) is 5.96. The summed E-state index contributed by atoms with van der Waals surface area (Å²) >= 11 is 0. The van der Waals surface area contributed by atoms with Gasteiger partial charge in [0, 0.05) is 0 Å². The van der Waals surface area contributed by atoms with E-state index in [-0.39, 0.29) is 16.3 Å². The summed E-state index contributed by atoms with van der Waals surface area (Å²) in [4.78, 5) is -0.364. The lowest BCUT2D eigenvalue weighted by atomic mass is 10.3. The molecule has 0 saturated carbocycles. The quantitative estimate of drug-likeness (QED) is 0.889. The molecule has 2 N–H and O–H groups in total. The van der Waals surface area contributed by atoms with Gasteiger partial charge in [0.25, 0.3) is 10.0 Å². The average molecular weight is 315 g/mol. The zero-order chi connectivity index (χ0) is 15.5. The van der Waals surface area contributed by atoms with Crippen molar-refractivity contribution >= 4 is 15.7 Å². The highest BCUT2D eigenvalue weighted by atomic mass is 32.2. The molecule has 0 aliphatic rings. The number of anilines is 1. The molecule has 0 spiro atoms. The first-order valence-corrected chi connectivity index (χ1v) is 7.23. The minimum Gasteiger partial charge on any atom is -0.507 e. The molecule has 0 amide bonds. The van der Waals surface area contributed by atoms with Crippen molar-refractivity contribution in [1.29, 1.82) is 0 Å². The van der Waals surface area contributed by atoms with E-state index in [4.69, 9.17) is 0 Å². The summed E-state index contributed by atoms with van der Waals surface area (Å²) in [6, 6.07) is 10.6. The third-order valence-corrected chi connectivity index (χ3v) is 3.92. The molecule has 0 aliphatic carbocycles. The summed E-state index contributed by atoms with van der Waals surface area (Å²) < 4.78 is 55.2. The van der Waals surface area contributed by atoms with Gasteiger partial charge in [0.05, 0.1) is 5.69 Å².